The van der Waals surface area contributed by atoms with Gasteiger partial charge in [0, 0.05) is 18.0 Å². The number of amides is 1. The lowest BCUT2D eigenvalue weighted by Crippen LogP contribution is -2.49. The number of thiazole rings is 1. The van der Waals surface area contributed by atoms with Crippen LogP contribution in [0.25, 0.3) is 11.3 Å². The van der Waals surface area contributed by atoms with Crippen LogP contribution in [-0.4, -0.2) is 42.2 Å². The maximum absolute atomic E-state index is 12.2. The number of piperidine rings is 3. The predicted molar refractivity (Wildman–Crippen MR) is 102 cm³/mol. The minimum Gasteiger partial charge on any atom is -0.449 e. The zero-order valence-electron chi connectivity index (χ0n) is 13.9. The highest BCUT2D eigenvalue weighted by Gasteiger charge is 2.34. The molecule has 25 heavy (non-hydrogen) atoms. The Kier molecular flexibility index (Phi) is 5.93. The standard InChI is InChI=1S/C18H21N3O2S.ClH/c22-18(23-11-15-10-21-8-6-13(15)7-9-21)20-17-16(19-12-24-17)14-4-2-1-3-5-14;/h1-5,12-13,15H,6-11H2,(H,20,22);1H. The molecule has 7 heteroatoms. The van der Waals surface area contributed by atoms with Crippen LogP contribution < -0.4 is 5.32 Å². The first-order valence-electron chi connectivity index (χ1n) is 8.44. The van der Waals surface area contributed by atoms with E-state index in [0.29, 0.717) is 18.4 Å². The highest BCUT2D eigenvalue weighted by Crippen LogP contribution is 2.33. The first-order chi connectivity index (χ1) is 11.8. The Hall–Kier alpha value is -1.63. The van der Waals surface area contributed by atoms with Gasteiger partial charge in [0.25, 0.3) is 0 Å². The van der Waals surface area contributed by atoms with Crippen molar-refractivity contribution >= 4 is 34.8 Å². The molecule has 1 atom stereocenters. The fourth-order valence-electron chi connectivity index (χ4n) is 3.72. The molecule has 2 bridgehead atoms. The van der Waals surface area contributed by atoms with Crippen LogP contribution in [0.3, 0.4) is 0 Å². The van der Waals surface area contributed by atoms with Gasteiger partial charge >= 0.3 is 6.09 Å². The third kappa shape index (κ3) is 4.14. The van der Waals surface area contributed by atoms with E-state index >= 15 is 0 Å². The van der Waals surface area contributed by atoms with Gasteiger partial charge < -0.3 is 9.64 Å². The number of anilines is 1. The minimum atomic E-state index is -0.382. The number of nitrogens with one attached hydrogen (secondary N) is 1. The molecule has 4 heterocycles. The van der Waals surface area contributed by atoms with Crippen molar-refractivity contribution in [2.24, 2.45) is 11.8 Å². The van der Waals surface area contributed by atoms with Crippen LogP contribution in [0.4, 0.5) is 9.80 Å². The number of carbonyl (C=O) groups excluding carboxylic acids is 1. The average molecular weight is 380 g/mol. The number of halogens is 1. The third-order valence-electron chi connectivity index (χ3n) is 5.05. The van der Waals surface area contributed by atoms with Gasteiger partial charge in [-0.05, 0) is 31.8 Å². The molecule has 134 valence electrons. The summed E-state index contributed by atoms with van der Waals surface area (Å²) in [5, 5.41) is 3.59. The second kappa shape index (κ2) is 8.17. The molecule has 0 radical (unpaired) electrons. The van der Waals surface area contributed by atoms with Crippen molar-refractivity contribution in [2.75, 3.05) is 31.6 Å². The molecule has 1 unspecified atom stereocenters. The SMILES string of the molecule is Cl.O=C(Nc1scnc1-c1ccccc1)OCC1CN2CCC1CC2. The molecule has 3 fully saturated rings. The van der Waals surface area contributed by atoms with E-state index in [-0.39, 0.29) is 18.5 Å². The number of nitrogens with zero attached hydrogens (tertiary/aromatic N) is 2. The summed E-state index contributed by atoms with van der Waals surface area (Å²) in [6, 6.07) is 9.86. The Bertz CT molecular complexity index is 701. The molecule has 1 amide bonds. The molecule has 3 aliphatic heterocycles. The van der Waals surface area contributed by atoms with Gasteiger partial charge in [0.1, 0.15) is 10.7 Å². The van der Waals surface area contributed by atoms with Crippen LogP contribution in [0, 0.1) is 11.8 Å². The van der Waals surface area contributed by atoms with Crippen molar-refractivity contribution in [3.05, 3.63) is 35.8 Å². The lowest BCUT2D eigenvalue weighted by Gasteiger charge is -2.44. The summed E-state index contributed by atoms with van der Waals surface area (Å²) in [7, 11) is 0. The molecule has 3 aliphatic rings. The Morgan fingerprint density at radius 3 is 2.72 bits per heavy atom. The number of ether oxygens (including phenoxy) is 1. The van der Waals surface area contributed by atoms with Crippen LogP contribution in [0.1, 0.15) is 12.8 Å². The predicted octanol–water partition coefficient (Wildman–Crippen LogP) is 4.12. The quantitative estimate of drug-likeness (QED) is 0.868. The molecule has 1 N–H and O–H groups in total. The van der Waals surface area contributed by atoms with Gasteiger partial charge in [0.15, 0.2) is 0 Å². The van der Waals surface area contributed by atoms with E-state index in [1.54, 1.807) is 5.51 Å². The molecule has 5 rings (SSSR count). The Labute approximate surface area is 157 Å². The summed E-state index contributed by atoms with van der Waals surface area (Å²) in [6.45, 7) is 3.98. The van der Waals surface area contributed by atoms with Crippen molar-refractivity contribution < 1.29 is 9.53 Å². The van der Waals surface area contributed by atoms with E-state index in [1.807, 2.05) is 30.3 Å². The molecule has 0 aliphatic carbocycles. The Morgan fingerprint density at radius 1 is 1.28 bits per heavy atom. The lowest BCUT2D eigenvalue weighted by atomic mass is 9.79. The summed E-state index contributed by atoms with van der Waals surface area (Å²) < 4.78 is 5.50. The minimum absolute atomic E-state index is 0. The fourth-order valence-corrected chi connectivity index (χ4v) is 4.41. The molecular formula is C18H22ClN3O2S. The fraction of sp³-hybridized carbons (Fsp3) is 0.444. The summed E-state index contributed by atoms with van der Waals surface area (Å²) in [5.41, 5.74) is 3.53. The average Bonchev–Trinajstić information content (AvgIpc) is 3.10. The molecule has 5 nitrogen and oxygen atoms in total. The van der Waals surface area contributed by atoms with Gasteiger partial charge in [-0.15, -0.1) is 23.7 Å². The largest absolute Gasteiger partial charge is 0.449 e. The topological polar surface area (TPSA) is 54.5 Å². The summed E-state index contributed by atoms with van der Waals surface area (Å²) in [4.78, 5) is 19.0. The number of fused-ring (bicyclic) bond motifs is 3. The highest BCUT2D eigenvalue weighted by molar-refractivity contribution is 7.14. The van der Waals surface area contributed by atoms with Gasteiger partial charge in [-0.2, -0.15) is 0 Å². The van der Waals surface area contributed by atoms with Crippen molar-refractivity contribution in [1.82, 2.24) is 9.88 Å². The van der Waals surface area contributed by atoms with E-state index in [4.69, 9.17) is 4.74 Å². The van der Waals surface area contributed by atoms with E-state index < -0.39 is 0 Å². The van der Waals surface area contributed by atoms with E-state index in [0.717, 1.165) is 22.8 Å². The zero-order chi connectivity index (χ0) is 16.4. The molecule has 0 spiro atoms. The maximum Gasteiger partial charge on any atom is 0.412 e. The molecule has 2 aromatic rings. The van der Waals surface area contributed by atoms with Crippen LogP contribution in [0.15, 0.2) is 35.8 Å². The molecule has 0 saturated carbocycles. The number of hydrogen-bond acceptors (Lipinski definition) is 5. The van der Waals surface area contributed by atoms with Crippen LogP contribution >= 0.6 is 23.7 Å². The maximum atomic E-state index is 12.2. The van der Waals surface area contributed by atoms with Crippen molar-refractivity contribution in [3.8, 4) is 11.3 Å². The summed E-state index contributed by atoms with van der Waals surface area (Å²) >= 11 is 1.41. The summed E-state index contributed by atoms with van der Waals surface area (Å²) in [6.07, 6.45) is 2.10. The van der Waals surface area contributed by atoms with Crippen LogP contribution in [0.2, 0.25) is 0 Å². The second-order valence-corrected chi connectivity index (χ2v) is 7.37. The van der Waals surface area contributed by atoms with E-state index in [9.17, 15) is 4.79 Å². The number of aromatic nitrogens is 1. The Morgan fingerprint density at radius 2 is 2.04 bits per heavy atom. The van der Waals surface area contributed by atoms with Crippen molar-refractivity contribution in [1.29, 1.82) is 0 Å². The Balaban J connectivity index is 0.00000182. The number of rotatable bonds is 4. The van der Waals surface area contributed by atoms with E-state index in [2.05, 4.69) is 15.2 Å². The number of benzene rings is 1. The highest BCUT2D eigenvalue weighted by atomic mass is 35.5. The third-order valence-corrected chi connectivity index (χ3v) is 5.79. The van der Waals surface area contributed by atoms with Crippen LogP contribution in [-0.2, 0) is 4.74 Å². The molecule has 3 saturated heterocycles. The normalized spacial score (nSPS) is 24.4. The first-order valence-corrected chi connectivity index (χ1v) is 9.32. The van der Waals surface area contributed by atoms with Gasteiger partial charge in [0.2, 0.25) is 0 Å². The van der Waals surface area contributed by atoms with Crippen molar-refractivity contribution in [2.45, 2.75) is 12.8 Å². The molecular weight excluding hydrogens is 358 g/mol. The smallest absolute Gasteiger partial charge is 0.412 e. The molecule has 1 aromatic carbocycles. The van der Waals surface area contributed by atoms with Crippen molar-refractivity contribution in [3.63, 3.8) is 0 Å². The van der Waals surface area contributed by atoms with Crippen LogP contribution in [0.5, 0.6) is 0 Å². The summed E-state index contributed by atoms with van der Waals surface area (Å²) in [5.74, 6) is 1.19. The monoisotopic (exact) mass is 379 g/mol. The molecule has 1 aromatic heterocycles. The van der Waals surface area contributed by atoms with Gasteiger partial charge in [0.05, 0.1) is 12.1 Å². The van der Waals surface area contributed by atoms with Gasteiger partial charge in [-0.3, -0.25) is 5.32 Å². The number of carbonyl (C=O) groups is 1. The second-order valence-electron chi connectivity index (χ2n) is 6.52. The van der Waals surface area contributed by atoms with Gasteiger partial charge in [-0.25, -0.2) is 9.78 Å². The zero-order valence-corrected chi connectivity index (χ0v) is 15.5. The number of hydrogen-bond donors (Lipinski definition) is 1. The van der Waals surface area contributed by atoms with Gasteiger partial charge in [-0.1, -0.05) is 30.3 Å². The first kappa shape index (κ1) is 18.2. The lowest BCUT2D eigenvalue weighted by molar-refractivity contribution is 0.0151. The van der Waals surface area contributed by atoms with E-state index in [1.165, 1.54) is 37.3 Å².